The van der Waals surface area contributed by atoms with Crippen molar-refractivity contribution in [1.29, 1.82) is 0 Å². The summed E-state index contributed by atoms with van der Waals surface area (Å²) in [7, 11) is 0. The average Bonchev–Trinajstić information content (AvgIpc) is 3.14. The molecule has 100 valence electrons. The van der Waals surface area contributed by atoms with Crippen LogP contribution in [0.1, 0.15) is 26.7 Å². The normalized spacial score (nSPS) is 15.4. The van der Waals surface area contributed by atoms with Gasteiger partial charge in [-0.2, -0.15) is 0 Å². The van der Waals surface area contributed by atoms with Gasteiger partial charge < -0.3 is 4.74 Å². The van der Waals surface area contributed by atoms with E-state index in [-0.39, 0.29) is 0 Å². The first kappa shape index (κ1) is 13.9. The Bertz CT molecular complexity index is 359. The predicted molar refractivity (Wildman–Crippen MR) is 79.1 cm³/mol. The molecule has 0 spiro atoms. The van der Waals surface area contributed by atoms with Crippen LogP contribution in [0.3, 0.4) is 0 Å². The molecule has 0 bridgehead atoms. The quantitative estimate of drug-likeness (QED) is 0.756. The van der Waals surface area contributed by atoms with E-state index >= 15 is 0 Å². The largest absolute Gasteiger partial charge is 0.492 e. The zero-order valence-electron chi connectivity index (χ0n) is 11.2. The summed E-state index contributed by atoms with van der Waals surface area (Å²) in [5.41, 5.74) is 0. The molecule has 3 heteroatoms. The number of nitrogens with zero attached hydrogens (tertiary/aromatic N) is 1. The van der Waals surface area contributed by atoms with Crippen molar-refractivity contribution in [3.63, 3.8) is 0 Å². The van der Waals surface area contributed by atoms with E-state index in [1.807, 2.05) is 24.3 Å². The van der Waals surface area contributed by atoms with Gasteiger partial charge in [0, 0.05) is 23.6 Å². The molecule has 1 aliphatic rings. The summed E-state index contributed by atoms with van der Waals surface area (Å²) < 4.78 is 6.88. The molecule has 2 nitrogen and oxygen atoms in total. The van der Waals surface area contributed by atoms with E-state index in [0.29, 0.717) is 0 Å². The van der Waals surface area contributed by atoms with Crippen LogP contribution in [0.4, 0.5) is 0 Å². The van der Waals surface area contributed by atoms with Gasteiger partial charge in [0.25, 0.3) is 0 Å². The molecule has 0 radical (unpaired) electrons. The van der Waals surface area contributed by atoms with Crippen LogP contribution in [0, 0.1) is 5.92 Å². The maximum atomic E-state index is 5.79. The van der Waals surface area contributed by atoms with E-state index in [1.165, 1.54) is 19.4 Å². The highest BCUT2D eigenvalue weighted by atomic mass is 79.9. The molecule has 1 aromatic rings. The number of ether oxygens (including phenoxy) is 1. The van der Waals surface area contributed by atoms with E-state index in [0.717, 1.165) is 35.3 Å². The molecule has 1 fully saturated rings. The second kappa shape index (κ2) is 6.58. The van der Waals surface area contributed by atoms with Gasteiger partial charge in [0.1, 0.15) is 12.4 Å². The topological polar surface area (TPSA) is 12.5 Å². The second-order valence-corrected chi connectivity index (χ2v) is 6.34. The number of halogens is 1. The number of hydrogen-bond acceptors (Lipinski definition) is 2. The average molecular weight is 312 g/mol. The van der Waals surface area contributed by atoms with Crippen molar-refractivity contribution in [2.45, 2.75) is 32.7 Å². The predicted octanol–water partition coefficient (Wildman–Crippen LogP) is 3.95. The zero-order chi connectivity index (χ0) is 13.0. The Balaban J connectivity index is 1.74. The molecule has 1 aromatic carbocycles. The van der Waals surface area contributed by atoms with Crippen LogP contribution in [-0.4, -0.2) is 30.6 Å². The smallest absolute Gasteiger partial charge is 0.119 e. The van der Waals surface area contributed by atoms with Gasteiger partial charge in [0.05, 0.1) is 0 Å². The van der Waals surface area contributed by atoms with E-state index < -0.39 is 0 Å². The summed E-state index contributed by atoms with van der Waals surface area (Å²) in [6.45, 7) is 7.58. The maximum Gasteiger partial charge on any atom is 0.119 e. The van der Waals surface area contributed by atoms with E-state index in [2.05, 4.69) is 34.7 Å². The Morgan fingerprint density at radius 3 is 2.50 bits per heavy atom. The Labute approximate surface area is 118 Å². The van der Waals surface area contributed by atoms with E-state index in [9.17, 15) is 0 Å². The molecular weight excluding hydrogens is 290 g/mol. The molecular formula is C15H22BrNO. The van der Waals surface area contributed by atoms with Crippen LogP contribution in [-0.2, 0) is 0 Å². The summed E-state index contributed by atoms with van der Waals surface area (Å²) in [4.78, 5) is 2.57. The lowest BCUT2D eigenvalue weighted by molar-refractivity contribution is 0.185. The summed E-state index contributed by atoms with van der Waals surface area (Å²) in [6, 6.07) is 8.87. The van der Waals surface area contributed by atoms with Crippen LogP contribution >= 0.6 is 15.9 Å². The molecule has 0 amide bonds. The SMILES string of the molecule is CC(C)CN(CCOc1ccc(Br)cc1)C1CC1. The molecule has 0 unspecified atom stereocenters. The molecule has 1 saturated carbocycles. The molecule has 0 N–H and O–H groups in total. The molecule has 1 aliphatic carbocycles. The number of rotatable bonds is 7. The first-order valence-electron chi connectivity index (χ1n) is 6.77. The highest BCUT2D eigenvalue weighted by Crippen LogP contribution is 2.27. The van der Waals surface area contributed by atoms with Gasteiger partial charge >= 0.3 is 0 Å². The van der Waals surface area contributed by atoms with Crippen molar-refractivity contribution in [1.82, 2.24) is 4.90 Å². The van der Waals surface area contributed by atoms with Crippen molar-refractivity contribution < 1.29 is 4.74 Å². The van der Waals surface area contributed by atoms with Crippen molar-refractivity contribution in [3.05, 3.63) is 28.7 Å². The minimum absolute atomic E-state index is 0.735. The standard InChI is InChI=1S/C15H22BrNO/c1-12(2)11-17(14-5-6-14)9-10-18-15-7-3-13(16)4-8-15/h3-4,7-8,12,14H,5-6,9-11H2,1-2H3. The lowest BCUT2D eigenvalue weighted by Gasteiger charge is -2.23. The monoisotopic (exact) mass is 311 g/mol. The first-order valence-corrected chi connectivity index (χ1v) is 7.57. The molecule has 0 aliphatic heterocycles. The molecule has 0 aromatic heterocycles. The highest BCUT2D eigenvalue weighted by Gasteiger charge is 2.28. The minimum Gasteiger partial charge on any atom is -0.492 e. The summed E-state index contributed by atoms with van der Waals surface area (Å²) in [5, 5.41) is 0. The van der Waals surface area contributed by atoms with Gasteiger partial charge in [-0.25, -0.2) is 0 Å². The molecule has 2 rings (SSSR count). The fourth-order valence-electron chi connectivity index (χ4n) is 2.14. The van der Waals surface area contributed by atoms with Crippen molar-refractivity contribution >= 4 is 15.9 Å². The van der Waals surface area contributed by atoms with Crippen molar-refractivity contribution in [2.75, 3.05) is 19.7 Å². The Morgan fingerprint density at radius 1 is 1.28 bits per heavy atom. The van der Waals surface area contributed by atoms with Gasteiger partial charge in [-0.1, -0.05) is 29.8 Å². The van der Waals surface area contributed by atoms with Gasteiger partial charge in [-0.3, -0.25) is 4.90 Å². The fraction of sp³-hybridized carbons (Fsp3) is 0.600. The van der Waals surface area contributed by atoms with Crippen LogP contribution in [0.25, 0.3) is 0 Å². The Morgan fingerprint density at radius 2 is 1.94 bits per heavy atom. The molecule has 0 heterocycles. The third kappa shape index (κ3) is 4.62. The lowest BCUT2D eigenvalue weighted by Crippen LogP contribution is -2.33. The van der Waals surface area contributed by atoms with Gasteiger partial charge in [-0.05, 0) is 43.0 Å². The lowest BCUT2D eigenvalue weighted by atomic mass is 10.2. The van der Waals surface area contributed by atoms with E-state index in [4.69, 9.17) is 4.74 Å². The fourth-order valence-corrected chi connectivity index (χ4v) is 2.41. The van der Waals surface area contributed by atoms with Crippen molar-refractivity contribution in [2.24, 2.45) is 5.92 Å². The van der Waals surface area contributed by atoms with Gasteiger partial charge in [0.2, 0.25) is 0 Å². The molecule has 0 saturated heterocycles. The number of benzene rings is 1. The van der Waals surface area contributed by atoms with Crippen molar-refractivity contribution in [3.8, 4) is 5.75 Å². The van der Waals surface area contributed by atoms with Crippen LogP contribution < -0.4 is 4.74 Å². The maximum absolute atomic E-state index is 5.79. The summed E-state index contributed by atoms with van der Waals surface area (Å²) in [6.07, 6.45) is 2.73. The van der Waals surface area contributed by atoms with E-state index in [1.54, 1.807) is 0 Å². The molecule has 0 atom stereocenters. The third-order valence-corrected chi connectivity index (χ3v) is 3.65. The zero-order valence-corrected chi connectivity index (χ0v) is 12.8. The van der Waals surface area contributed by atoms with Gasteiger partial charge in [-0.15, -0.1) is 0 Å². The first-order chi connectivity index (χ1) is 8.65. The van der Waals surface area contributed by atoms with Crippen LogP contribution in [0.5, 0.6) is 5.75 Å². The summed E-state index contributed by atoms with van der Waals surface area (Å²) in [5.74, 6) is 1.69. The Hall–Kier alpha value is -0.540. The van der Waals surface area contributed by atoms with Gasteiger partial charge in [0.15, 0.2) is 0 Å². The highest BCUT2D eigenvalue weighted by molar-refractivity contribution is 9.10. The number of hydrogen-bond donors (Lipinski definition) is 0. The minimum atomic E-state index is 0.735. The van der Waals surface area contributed by atoms with Crippen LogP contribution in [0.15, 0.2) is 28.7 Å². The third-order valence-electron chi connectivity index (χ3n) is 3.12. The molecule has 18 heavy (non-hydrogen) atoms. The van der Waals surface area contributed by atoms with Crippen LogP contribution in [0.2, 0.25) is 0 Å². The summed E-state index contributed by atoms with van der Waals surface area (Å²) >= 11 is 3.43. The Kier molecular flexibility index (Phi) is 5.07. The second-order valence-electron chi connectivity index (χ2n) is 5.42.